The third kappa shape index (κ3) is 2.35. The van der Waals surface area contributed by atoms with Crippen LogP contribution < -0.4 is 5.73 Å². The fraction of sp³-hybridized carbons (Fsp3) is 0.200. The standard InChI is InChI=1S/C15H14BrNS/c16-11-5-3-6-12(9-11)18-14-8-10-4-1-2-7-13(10)15(14)17/h1-7,9,14-15H,8,17H2. The zero-order valence-corrected chi connectivity index (χ0v) is 12.2. The molecule has 0 saturated carbocycles. The first kappa shape index (κ1) is 12.3. The Morgan fingerprint density at radius 1 is 1.11 bits per heavy atom. The Morgan fingerprint density at radius 3 is 2.72 bits per heavy atom. The lowest BCUT2D eigenvalue weighted by Gasteiger charge is -2.15. The van der Waals surface area contributed by atoms with Crippen molar-refractivity contribution in [3.63, 3.8) is 0 Å². The molecule has 3 rings (SSSR count). The number of benzene rings is 2. The van der Waals surface area contributed by atoms with Crippen LogP contribution in [0.3, 0.4) is 0 Å². The van der Waals surface area contributed by atoms with E-state index in [1.165, 1.54) is 16.0 Å². The van der Waals surface area contributed by atoms with Crippen LogP contribution in [0.15, 0.2) is 57.9 Å². The quantitative estimate of drug-likeness (QED) is 0.899. The molecular weight excluding hydrogens is 306 g/mol. The van der Waals surface area contributed by atoms with Crippen LogP contribution in [-0.4, -0.2) is 5.25 Å². The number of hydrogen-bond donors (Lipinski definition) is 1. The van der Waals surface area contributed by atoms with Crippen LogP contribution in [0.5, 0.6) is 0 Å². The predicted molar refractivity (Wildman–Crippen MR) is 80.9 cm³/mol. The summed E-state index contributed by atoms with van der Waals surface area (Å²) >= 11 is 5.39. The SMILES string of the molecule is NC1c2ccccc2CC1Sc1cccc(Br)c1. The highest BCUT2D eigenvalue weighted by atomic mass is 79.9. The summed E-state index contributed by atoms with van der Waals surface area (Å²) in [5, 5.41) is 0.441. The van der Waals surface area contributed by atoms with E-state index in [9.17, 15) is 0 Å². The molecule has 2 aromatic rings. The van der Waals surface area contributed by atoms with Gasteiger partial charge in [0.15, 0.2) is 0 Å². The number of rotatable bonds is 2. The molecule has 0 bridgehead atoms. The summed E-state index contributed by atoms with van der Waals surface area (Å²) in [5.41, 5.74) is 9.05. The maximum Gasteiger partial charge on any atom is 0.0425 e. The number of halogens is 1. The largest absolute Gasteiger partial charge is 0.323 e. The molecule has 1 aliphatic carbocycles. The van der Waals surface area contributed by atoms with Crippen LogP contribution in [-0.2, 0) is 6.42 Å². The molecule has 0 aromatic heterocycles. The van der Waals surface area contributed by atoms with Gasteiger partial charge in [-0.15, -0.1) is 11.8 Å². The second-order valence-corrected chi connectivity index (χ2v) is 6.77. The molecule has 1 nitrogen and oxygen atoms in total. The van der Waals surface area contributed by atoms with Crippen LogP contribution in [0.4, 0.5) is 0 Å². The van der Waals surface area contributed by atoms with Crippen molar-refractivity contribution in [1.82, 2.24) is 0 Å². The summed E-state index contributed by atoms with van der Waals surface area (Å²) < 4.78 is 1.12. The maximum atomic E-state index is 6.34. The zero-order valence-electron chi connectivity index (χ0n) is 9.84. The van der Waals surface area contributed by atoms with E-state index in [2.05, 4.69) is 58.4 Å². The van der Waals surface area contributed by atoms with E-state index in [0.717, 1.165) is 10.9 Å². The van der Waals surface area contributed by atoms with E-state index >= 15 is 0 Å². The summed E-state index contributed by atoms with van der Waals surface area (Å²) in [5.74, 6) is 0. The van der Waals surface area contributed by atoms with Crippen molar-refractivity contribution in [2.24, 2.45) is 5.73 Å². The lowest BCUT2D eigenvalue weighted by atomic mass is 10.1. The Morgan fingerprint density at radius 2 is 1.94 bits per heavy atom. The van der Waals surface area contributed by atoms with Gasteiger partial charge >= 0.3 is 0 Å². The van der Waals surface area contributed by atoms with Crippen molar-refractivity contribution in [2.75, 3.05) is 0 Å². The molecule has 0 fully saturated rings. The van der Waals surface area contributed by atoms with Gasteiger partial charge < -0.3 is 5.73 Å². The van der Waals surface area contributed by atoms with Crippen molar-refractivity contribution in [2.45, 2.75) is 22.6 Å². The van der Waals surface area contributed by atoms with Gasteiger partial charge in [0.25, 0.3) is 0 Å². The fourth-order valence-corrected chi connectivity index (χ4v) is 4.23. The molecule has 92 valence electrons. The van der Waals surface area contributed by atoms with Gasteiger partial charge in [0.1, 0.15) is 0 Å². The third-order valence-corrected chi connectivity index (χ3v) is 5.10. The summed E-state index contributed by atoms with van der Waals surface area (Å²) in [4.78, 5) is 1.28. The molecule has 3 heteroatoms. The molecule has 0 radical (unpaired) electrons. The molecular formula is C15H14BrNS. The highest BCUT2D eigenvalue weighted by Gasteiger charge is 2.29. The van der Waals surface area contributed by atoms with Gasteiger partial charge in [-0.2, -0.15) is 0 Å². The molecule has 2 unspecified atom stereocenters. The van der Waals surface area contributed by atoms with Crippen molar-refractivity contribution in [3.8, 4) is 0 Å². The van der Waals surface area contributed by atoms with Crippen molar-refractivity contribution in [3.05, 3.63) is 64.1 Å². The number of thioether (sulfide) groups is 1. The Hall–Kier alpha value is -0.770. The summed E-state index contributed by atoms with van der Waals surface area (Å²) in [7, 11) is 0. The highest BCUT2D eigenvalue weighted by Crippen LogP contribution is 2.40. The second kappa shape index (κ2) is 5.08. The van der Waals surface area contributed by atoms with Crippen LogP contribution >= 0.6 is 27.7 Å². The van der Waals surface area contributed by atoms with Crippen LogP contribution in [0, 0.1) is 0 Å². The normalized spacial score (nSPS) is 21.9. The lowest BCUT2D eigenvalue weighted by Crippen LogP contribution is -2.18. The van der Waals surface area contributed by atoms with E-state index in [1.807, 2.05) is 17.8 Å². The first-order valence-corrected chi connectivity index (χ1v) is 7.67. The summed E-state index contributed by atoms with van der Waals surface area (Å²) in [6, 6.07) is 17.1. The smallest absolute Gasteiger partial charge is 0.0425 e. The van der Waals surface area contributed by atoms with Gasteiger partial charge in [-0.3, -0.25) is 0 Å². The topological polar surface area (TPSA) is 26.0 Å². The molecule has 2 atom stereocenters. The minimum atomic E-state index is 0.144. The van der Waals surface area contributed by atoms with Crippen LogP contribution in [0.25, 0.3) is 0 Å². The molecule has 0 aliphatic heterocycles. The minimum Gasteiger partial charge on any atom is -0.323 e. The van der Waals surface area contributed by atoms with E-state index in [1.54, 1.807) is 0 Å². The fourth-order valence-electron chi connectivity index (χ4n) is 2.42. The molecule has 1 aliphatic rings. The van der Waals surface area contributed by atoms with Crippen molar-refractivity contribution >= 4 is 27.7 Å². The number of hydrogen-bond acceptors (Lipinski definition) is 2. The summed E-state index contributed by atoms with van der Waals surface area (Å²) in [6.45, 7) is 0. The third-order valence-electron chi connectivity index (χ3n) is 3.32. The van der Waals surface area contributed by atoms with E-state index in [-0.39, 0.29) is 6.04 Å². The maximum absolute atomic E-state index is 6.34. The number of nitrogens with two attached hydrogens (primary N) is 1. The minimum absolute atomic E-state index is 0.144. The molecule has 0 amide bonds. The summed E-state index contributed by atoms with van der Waals surface area (Å²) in [6.07, 6.45) is 1.06. The molecule has 0 saturated heterocycles. The van der Waals surface area contributed by atoms with Crippen LogP contribution in [0.1, 0.15) is 17.2 Å². The molecule has 18 heavy (non-hydrogen) atoms. The Labute approximate surface area is 120 Å². The molecule has 2 aromatic carbocycles. The van der Waals surface area contributed by atoms with E-state index in [4.69, 9.17) is 5.73 Å². The molecule has 0 spiro atoms. The van der Waals surface area contributed by atoms with E-state index in [0.29, 0.717) is 5.25 Å². The molecule has 2 N–H and O–H groups in total. The Kier molecular flexibility index (Phi) is 3.46. The average molecular weight is 320 g/mol. The van der Waals surface area contributed by atoms with Gasteiger partial charge in [-0.25, -0.2) is 0 Å². The van der Waals surface area contributed by atoms with Gasteiger partial charge in [0.05, 0.1) is 0 Å². The number of fused-ring (bicyclic) bond motifs is 1. The monoisotopic (exact) mass is 319 g/mol. The van der Waals surface area contributed by atoms with Gasteiger partial charge in [0, 0.05) is 20.7 Å². The van der Waals surface area contributed by atoms with Crippen molar-refractivity contribution < 1.29 is 0 Å². The first-order chi connectivity index (χ1) is 8.74. The zero-order chi connectivity index (χ0) is 12.5. The van der Waals surface area contributed by atoms with Gasteiger partial charge in [-0.1, -0.05) is 46.3 Å². The Balaban J connectivity index is 1.81. The van der Waals surface area contributed by atoms with Gasteiger partial charge in [-0.05, 0) is 35.7 Å². The highest BCUT2D eigenvalue weighted by molar-refractivity contribution is 9.10. The van der Waals surface area contributed by atoms with Crippen molar-refractivity contribution in [1.29, 1.82) is 0 Å². The average Bonchev–Trinajstić information content (AvgIpc) is 2.67. The van der Waals surface area contributed by atoms with E-state index < -0.39 is 0 Å². The lowest BCUT2D eigenvalue weighted by molar-refractivity contribution is 0.731. The molecule has 0 heterocycles. The second-order valence-electron chi connectivity index (χ2n) is 4.54. The van der Waals surface area contributed by atoms with Gasteiger partial charge in [0.2, 0.25) is 0 Å². The Bertz CT molecular complexity index is 570. The van der Waals surface area contributed by atoms with Crippen LogP contribution in [0.2, 0.25) is 0 Å². The predicted octanol–water partition coefficient (Wildman–Crippen LogP) is 4.17. The first-order valence-electron chi connectivity index (χ1n) is 5.99.